The van der Waals surface area contributed by atoms with Gasteiger partial charge in [0.15, 0.2) is 0 Å². The van der Waals surface area contributed by atoms with Crippen LogP contribution in [-0.2, 0) is 18.8 Å². The maximum Gasteiger partial charge on any atom is 0.494 e. The number of benzene rings is 1. The van der Waals surface area contributed by atoms with E-state index in [9.17, 15) is 9.59 Å². The van der Waals surface area contributed by atoms with Gasteiger partial charge in [-0.2, -0.15) is 0 Å². The number of alkyl carbamates (subject to hydrolysis) is 1. The van der Waals surface area contributed by atoms with E-state index in [2.05, 4.69) is 10.3 Å². The highest BCUT2D eigenvalue weighted by Crippen LogP contribution is 2.36. The number of imidazole rings is 1. The number of carbonyl (C=O) groups excluding carboxylic acids is 2. The number of amides is 2. The standard InChI is InChI=1S/C29H41BN4O5/c1-18(2)23(33-26(36)37-27(3,4)5)25(35)34-16-10-11-22(34)24-31-17-21(32-24)19-12-14-20(15-13-19)30-38-28(6,7)29(8,9)39-30/h10-15,17-18,22-23H,16H2,1-9H3,(H,31,32)(H,33,36)/t22-,23-/m0/s1. The Balaban J connectivity index is 1.47. The third kappa shape index (κ3) is 6.22. The summed E-state index contributed by atoms with van der Waals surface area (Å²) in [6.45, 7) is 17.8. The number of H-pyrrole nitrogens is 1. The van der Waals surface area contributed by atoms with Crippen molar-refractivity contribution in [1.82, 2.24) is 20.2 Å². The Kier molecular flexibility index (Phi) is 7.75. The van der Waals surface area contributed by atoms with Crippen LogP contribution in [0.2, 0.25) is 0 Å². The summed E-state index contributed by atoms with van der Waals surface area (Å²) in [6, 6.07) is 6.89. The van der Waals surface area contributed by atoms with Gasteiger partial charge in [0.25, 0.3) is 0 Å². The molecule has 0 radical (unpaired) electrons. The predicted molar refractivity (Wildman–Crippen MR) is 151 cm³/mol. The molecule has 2 aliphatic heterocycles. The second-order valence-corrected chi connectivity index (χ2v) is 12.6. The molecule has 3 heterocycles. The van der Waals surface area contributed by atoms with Crippen LogP contribution >= 0.6 is 0 Å². The van der Waals surface area contributed by atoms with Gasteiger partial charge in [-0.3, -0.25) is 4.79 Å². The summed E-state index contributed by atoms with van der Waals surface area (Å²) in [5.41, 5.74) is 1.19. The lowest BCUT2D eigenvalue weighted by molar-refractivity contribution is -0.135. The highest BCUT2D eigenvalue weighted by Gasteiger charge is 2.51. The molecule has 0 spiro atoms. The zero-order valence-corrected chi connectivity index (χ0v) is 24.5. The molecule has 10 heteroatoms. The normalized spacial score (nSPS) is 20.9. The summed E-state index contributed by atoms with van der Waals surface area (Å²) in [7, 11) is -0.426. The highest BCUT2D eigenvalue weighted by molar-refractivity contribution is 6.62. The molecule has 1 saturated heterocycles. The minimum Gasteiger partial charge on any atom is -0.444 e. The number of rotatable bonds is 6. The van der Waals surface area contributed by atoms with Gasteiger partial charge in [0.1, 0.15) is 23.5 Å². The van der Waals surface area contributed by atoms with E-state index in [-0.39, 0.29) is 17.9 Å². The van der Waals surface area contributed by atoms with Crippen LogP contribution in [0.3, 0.4) is 0 Å². The zero-order chi connectivity index (χ0) is 28.8. The van der Waals surface area contributed by atoms with Crippen molar-refractivity contribution in [3.8, 4) is 11.3 Å². The smallest absolute Gasteiger partial charge is 0.444 e. The number of aromatic nitrogens is 2. The Labute approximate surface area is 231 Å². The molecular weight excluding hydrogens is 495 g/mol. The fraction of sp³-hybridized carbons (Fsp3) is 0.552. The van der Waals surface area contributed by atoms with Crippen LogP contribution in [0.15, 0.2) is 42.6 Å². The lowest BCUT2D eigenvalue weighted by Gasteiger charge is -2.32. The topological polar surface area (TPSA) is 106 Å². The Hall–Kier alpha value is -3.11. The number of nitrogens with zero attached hydrogens (tertiary/aromatic N) is 2. The molecule has 0 bridgehead atoms. The molecular formula is C29H41BN4O5. The minimum atomic E-state index is -0.723. The first-order chi connectivity index (χ1) is 18.1. The van der Waals surface area contributed by atoms with E-state index in [1.54, 1.807) is 25.7 Å². The van der Waals surface area contributed by atoms with Crippen LogP contribution < -0.4 is 10.8 Å². The van der Waals surface area contributed by atoms with Crippen molar-refractivity contribution in [3.63, 3.8) is 0 Å². The number of hydrogen-bond acceptors (Lipinski definition) is 6. The molecule has 9 nitrogen and oxygen atoms in total. The Morgan fingerprint density at radius 3 is 2.31 bits per heavy atom. The van der Waals surface area contributed by atoms with Crippen LogP contribution in [0.1, 0.15) is 74.2 Å². The lowest BCUT2D eigenvalue weighted by Crippen LogP contribution is -2.52. The number of carbonyl (C=O) groups is 2. The number of ether oxygens (including phenoxy) is 1. The molecule has 2 aromatic rings. The van der Waals surface area contributed by atoms with E-state index in [4.69, 9.17) is 19.0 Å². The maximum absolute atomic E-state index is 13.6. The van der Waals surface area contributed by atoms with Gasteiger partial charge in [0.05, 0.1) is 16.9 Å². The summed E-state index contributed by atoms with van der Waals surface area (Å²) in [4.78, 5) is 35.7. The van der Waals surface area contributed by atoms with Crippen molar-refractivity contribution in [2.45, 2.75) is 91.2 Å². The molecule has 2 N–H and O–H groups in total. The molecule has 39 heavy (non-hydrogen) atoms. The van der Waals surface area contributed by atoms with E-state index < -0.39 is 36.1 Å². The monoisotopic (exact) mass is 536 g/mol. The number of aromatic amines is 1. The fourth-order valence-electron chi connectivity index (χ4n) is 4.54. The van der Waals surface area contributed by atoms with Crippen molar-refractivity contribution in [3.05, 3.63) is 48.4 Å². The van der Waals surface area contributed by atoms with Gasteiger partial charge >= 0.3 is 13.2 Å². The molecule has 4 rings (SSSR count). The molecule has 1 aromatic heterocycles. The molecule has 2 aliphatic rings. The van der Waals surface area contributed by atoms with Crippen molar-refractivity contribution in [1.29, 1.82) is 0 Å². The Bertz CT molecular complexity index is 1210. The van der Waals surface area contributed by atoms with Crippen molar-refractivity contribution >= 4 is 24.6 Å². The van der Waals surface area contributed by atoms with Crippen LogP contribution in [0.5, 0.6) is 0 Å². The van der Waals surface area contributed by atoms with Crippen molar-refractivity contribution in [2.24, 2.45) is 5.92 Å². The van der Waals surface area contributed by atoms with Gasteiger partial charge < -0.3 is 29.2 Å². The van der Waals surface area contributed by atoms with E-state index in [0.29, 0.717) is 12.4 Å². The lowest BCUT2D eigenvalue weighted by atomic mass is 9.79. The largest absolute Gasteiger partial charge is 0.494 e. The SMILES string of the molecule is CC(C)[C@H](NC(=O)OC(C)(C)C)C(=O)N1CC=C[C@H]1c1nc(-c2ccc(B3OC(C)(C)C(C)(C)O3)cc2)c[nH]1. The fourth-order valence-corrected chi connectivity index (χ4v) is 4.54. The van der Waals surface area contributed by atoms with Crippen molar-refractivity contribution in [2.75, 3.05) is 6.54 Å². The summed E-state index contributed by atoms with van der Waals surface area (Å²) < 4.78 is 17.7. The molecule has 1 aromatic carbocycles. The summed E-state index contributed by atoms with van der Waals surface area (Å²) in [5.74, 6) is 0.346. The van der Waals surface area contributed by atoms with Gasteiger partial charge in [-0.05, 0) is 59.8 Å². The van der Waals surface area contributed by atoms with E-state index >= 15 is 0 Å². The van der Waals surface area contributed by atoms with Crippen LogP contribution in [0, 0.1) is 5.92 Å². The van der Waals surface area contributed by atoms with E-state index in [0.717, 1.165) is 16.7 Å². The van der Waals surface area contributed by atoms with Gasteiger partial charge in [-0.25, -0.2) is 9.78 Å². The molecule has 2 atom stereocenters. The average Bonchev–Trinajstić information content (AvgIpc) is 3.53. The quantitative estimate of drug-likeness (QED) is 0.420. The third-order valence-electron chi connectivity index (χ3n) is 7.45. The molecule has 2 amide bonds. The molecule has 210 valence electrons. The Morgan fingerprint density at radius 1 is 1.13 bits per heavy atom. The van der Waals surface area contributed by atoms with Gasteiger partial charge in [0, 0.05) is 18.3 Å². The van der Waals surface area contributed by atoms with Crippen molar-refractivity contribution < 1.29 is 23.6 Å². The summed E-state index contributed by atoms with van der Waals surface area (Å²) >= 11 is 0. The van der Waals surface area contributed by atoms with E-state index in [1.165, 1.54) is 0 Å². The number of nitrogens with one attached hydrogen (secondary N) is 2. The summed E-state index contributed by atoms with van der Waals surface area (Å²) in [5, 5.41) is 2.76. The molecule has 1 fully saturated rings. The second-order valence-electron chi connectivity index (χ2n) is 12.6. The first kappa shape index (κ1) is 28.9. The highest BCUT2D eigenvalue weighted by atomic mass is 16.7. The van der Waals surface area contributed by atoms with Crippen LogP contribution in [0.4, 0.5) is 4.79 Å². The number of hydrogen-bond donors (Lipinski definition) is 2. The maximum atomic E-state index is 13.6. The minimum absolute atomic E-state index is 0.124. The van der Waals surface area contributed by atoms with Gasteiger partial charge in [-0.15, -0.1) is 0 Å². The first-order valence-electron chi connectivity index (χ1n) is 13.6. The Morgan fingerprint density at radius 2 is 1.74 bits per heavy atom. The van der Waals surface area contributed by atoms with Crippen LogP contribution in [0.25, 0.3) is 11.3 Å². The zero-order valence-electron chi connectivity index (χ0n) is 24.5. The second kappa shape index (κ2) is 10.5. The predicted octanol–water partition coefficient (Wildman–Crippen LogP) is 4.36. The summed E-state index contributed by atoms with van der Waals surface area (Å²) in [6.07, 6.45) is 5.12. The van der Waals surface area contributed by atoms with Crippen LogP contribution in [-0.4, -0.2) is 63.4 Å². The van der Waals surface area contributed by atoms with E-state index in [1.807, 2.05) is 84.2 Å². The third-order valence-corrected chi connectivity index (χ3v) is 7.45. The van der Waals surface area contributed by atoms with Gasteiger partial charge in [-0.1, -0.05) is 50.3 Å². The van der Waals surface area contributed by atoms with Gasteiger partial charge in [0.2, 0.25) is 5.91 Å². The first-order valence-corrected chi connectivity index (χ1v) is 13.6. The molecule has 0 aliphatic carbocycles. The molecule has 0 saturated carbocycles. The average molecular weight is 536 g/mol. The molecule has 0 unspecified atom stereocenters.